The maximum absolute atomic E-state index is 5.99. The Labute approximate surface area is 117 Å². The van der Waals surface area contributed by atoms with Crippen LogP contribution in [-0.4, -0.2) is 35.1 Å². The van der Waals surface area contributed by atoms with Gasteiger partial charge in [-0.3, -0.25) is 4.84 Å². The van der Waals surface area contributed by atoms with Gasteiger partial charge < -0.3 is 4.74 Å². The van der Waals surface area contributed by atoms with Crippen LogP contribution in [0.4, 0.5) is 0 Å². The highest BCUT2D eigenvalue weighted by Gasteiger charge is 2.43. The van der Waals surface area contributed by atoms with Crippen molar-refractivity contribution in [3.63, 3.8) is 0 Å². The Morgan fingerprint density at radius 1 is 1.20 bits per heavy atom. The summed E-state index contributed by atoms with van der Waals surface area (Å²) >= 11 is 0. The lowest BCUT2D eigenvalue weighted by Gasteiger charge is -2.28. The van der Waals surface area contributed by atoms with Crippen molar-refractivity contribution < 1.29 is 9.57 Å². The molecular formula is C15H17N3O2. The van der Waals surface area contributed by atoms with E-state index < -0.39 is 0 Å². The lowest BCUT2D eigenvalue weighted by molar-refractivity contribution is -0.111. The number of para-hydroxylation sites is 1. The number of benzene rings is 1. The van der Waals surface area contributed by atoms with Crippen LogP contribution in [-0.2, 0) is 4.84 Å². The van der Waals surface area contributed by atoms with E-state index in [1.807, 2.05) is 54.0 Å². The molecule has 0 radical (unpaired) electrons. The highest BCUT2D eigenvalue weighted by molar-refractivity contribution is 5.44. The van der Waals surface area contributed by atoms with Crippen molar-refractivity contribution in [2.24, 2.45) is 5.92 Å². The Bertz CT molecular complexity index is 638. The highest BCUT2D eigenvalue weighted by atomic mass is 16.7. The van der Waals surface area contributed by atoms with E-state index in [1.54, 1.807) is 0 Å². The van der Waals surface area contributed by atoms with Gasteiger partial charge in [0.2, 0.25) is 5.88 Å². The Morgan fingerprint density at radius 3 is 2.80 bits per heavy atom. The summed E-state index contributed by atoms with van der Waals surface area (Å²) in [6.07, 6.45) is 0. The van der Waals surface area contributed by atoms with E-state index >= 15 is 0 Å². The van der Waals surface area contributed by atoms with Crippen LogP contribution in [0, 0.1) is 12.8 Å². The average Bonchev–Trinajstić information content (AvgIpc) is 3.01. The van der Waals surface area contributed by atoms with Crippen LogP contribution < -0.4 is 4.74 Å². The minimum Gasteiger partial charge on any atom is -0.477 e. The zero-order valence-electron chi connectivity index (χ0n) is 11.6. The van der Waals surface area contributed by atoms with Gasteiger partial charge in [-0.05, 0) is 19.1 Å². The Balaban J connectivity index is 1.86. The number of aromatic nitrogens is 2. The number of ether oxygens (including phenoxy) is 1. The summed E-state index contributed by atoms with van der Waals surface area (Å²) < 4.78 is 7.88. The summed E-state index contributed by atoms with van der Waals surface area (Å²) in [5, 5.41) is 6.61. The summed E-state index contributed by atoms with van der Waals surface area (Å²) in [4.78, 5) is 5.64. The first kappa shape index (κ1) is 11.9. The second-order valence-electron chi connectivity index (χ2n) is 5.41. The van der Waals surface area contributed by atoms with Crippen LogP contribution >= 0.6 is 0 Å². The van der Waals surface area contributed by atoms with Crippen LogP contribution in [0.3, 0.4) is 0 Å². The summed E-state index contributed by atoms with van der Waals surface area (Å²) in [5.41, 5.74) is 3.19. The van der Waals surface area contributed by atoms with Gasteiger partial charge in [-0.1, -0.05) is 18.2 Å². The molecular weight excluding hydrogens is 254 g/mol. The third-order valence-electron chi connectivity index (χ3n) is 4.12. The number of hydroxylamine groups is 2. The van der Waals surface area contributed by atoms with Gasteiger partial charge in [0.25, 0.3) is 0 Å². The van der Waals surface area contributed by atoms with Crippen molar-refractivity contribution in [2.45, 2.75) is 13.0 Å². The Hall–Kier alpha value is -1.85. The fourth-order valence-corrected chi connectivity index (χ4v) is 3.17. The molecule has 0 amide bonds. The predicted molar refractivity (Wildman–Crippen MR) is 73.7 cm³/mol. The molecule has 0 N–H and O–H groups in total. The molecule has 5 heteroatoms. The number of aryl methyl sites for hydroxylation is 1. The standard InChI is InChI=1S/C15H17N3O2/c1-10-13-14-11(9-20-17(14)2)8-19-15(13)18(16-10)12-6-4-3-5-7-12/h3-7,11,14H,8-9H2,1-2H3/t11-,14+/m0/s1. The van der Waals surface area contributed by atoms with Gasteiger partial charge in [-0.15, -0.1) is 0 Å². The van der Waals surface area contributed by atoms with Crippen molar-refractivity contribution in [3.8, 4) is 11.6 Å². The van der Waals surface area contributed by atoms with Crippen LogP contribution in [0.1, 0.15) is 17.3 Å². The van der Waals surface area contributed by atoms with Gasteiger partial charge in [0.1, 0.15) is 0 Å². The summed E-state index contributed by atoms with van der Waals surface area (Å²) in [6.45, 7) is 3.44. The molecule has 104 valence electrons. The van der Waals surface area contributed by atoms with E-state index in [-0.39, 0.29) is 6.04 Å². The molecule has 1 aromatic heterocycles. The Morgan fingerprint density at radius 2 is 2.00 bits per heavy atom. The number of hydrogen-bond acceptors (Lipinski definition) is 4. The lowest BCUT2D eigenvalue weighted by atomic mass is 9.93. The molecule has 1 aromatic carbocycles. The molecule has 1 fully saturated rings. The van der Waals surface area contributed by atoms with Gasteiger partial charge in [0, 0.05) is 13.0 Å². The smallest absolute Gasteiger partial charge is 0.221 e. The zero-order chi connectivity index (χ0) is 13.7. The minimum atomic E-state index is 0.246. The molecule has 2 atom stereocenters. The molecule has 0 bridgehead atoms. The maximum Gasteiger partial charge on any atom is 0.221 e. The second-order valence-corrected chi connectivity index (χ2v) is 5.41. The zero-order valence-corrected chi connectivity index (χ0v) is 11.6. The molecule has 2 aliphatic rings. The molecule has 0 aliphatic carbocycles. The number of nitrogens with zero attached hydrogens (tertiary/aromatic N) is 3. The second kappa shape index (κ2) is 4.33. The minimum absolute atomic E-state index is 0.246. The monoisotopic (exact) mass is 271 g/mol. The molecule has 1 saturated heterocycles. The molecule has 0 unspecified atom stereocenters. The molecule has 20 heavy (non-hydrogen) atoms. The van der Waals surface area contributed by atoms with Crippen molar-refractivity contribution in [3.05, 3.63) is 41.6 Å². The first-order valence-electron chi connectivity index (χ1n) is 6.89. The van der Waals surface area contributed by atoms with E-state index in [4.69, 9.17) is 9.57 Å². The van der Waals surface area contributed by atoms with E-state index in [0.29, 0.717) is 12.5 Å². The molecule has 3 heterocycles. The first-order valence-corrected chi connectivity index (χ1v) is 6.89. The summed E-state index contributed by atoms with van der Waals surface area (Å²) in [6, 6.07) is 10.3. The van der Waals surface area contributed by atoms with Gasteiger partial charge in [-0.2, -0.15) is 10.2 Å². The van der Waals surface area contributed by atoms with Crippen molar-refractivity contribution in [1.82, 2.24) is 14.8 Å². The normalized spacial score (nSPS) is 25.1. The van der Waals surface area contributed by atoms with Crippen molar-refractivity contribution in [2.75, 3.05) is 20.3 Å². The molecule has 5 nitrogen and oxygen atoms in total. The number of rotatable bonds is 1. The Kier molecular flexibility index (Phi) is 2.58. The fourth-order valence-electron chi connectivity index (χ4n) is 3.17. The number of fused-ring (bicyclic) bond motifs is 3. The number of hydrogen-bond donors (Lipinski definition) is 0. The van der Waals surface area contributed by atoms with Crippen LogP contribution in [0.15, 0.2) is 30.3 Å². The summed E-state index contributed by atoms with van der Waals surface area (Å²) in [7, 11) is 1.99. The largest absolute Gasteiger partial charge is 0.477 e. The van der Waals surface area contributed by atoms with Gasteiger partial charge in [0.05, 0.1) is 36.2 Å². The van der Waals surface area contributed by atoms with Crippen molar-refractivity contribution in [1.29, 1.82) is 0 Å². The van der Waals surface area contributed by atoms with E-state index in [0.717, 1.165) is 29.4 Å². The quantitative estimate of drug-likeness (QED) is 0.796. The summed E-state index contributed by atoms with van der Waals surface area (Å²) in [5.74, 6) is 1.24. The first-order chi connectivity index (χ1) is 9.75. The fraction of sp³-hybridized carbons (Fsp3) is 0.400. The van der Waals surface area contributed by atoms with Crippen molar-refractivity contribution >= 4 is 0 Å². The van der Waals surface area contributed by atoms with E-state index in [2.05, 4.69) is 5.10 Å². The third-order valence-corrected chi connectivity index (χ3v) is 4.12. The highest BCUT2D eigenvalue weighted by Crippen LogP contribution is 2.44. The average molecular weight is 271 g/mol. The topological polar surface area (TPSA) is 39.5 Å². The molecule has 0 spiro atoms. The third kappa shape index (κ3) is 1.60. The van der Waals surface area contributed by atoms with Crippen LogP contribution in [0.2, 0.25) is 0 Å². The van der Waals surface area contributed by atoms with E-state index in [1.165, 1.54) is 0 Å². The predicted octanol–water partition coefficient (Wildman–Crippen LogP) is 2.11. The lowest BCUT2D eigenvalue weighted by Crippen LogP contribution is -2.29. The maximum atomic E-state index is 5.99. The van der Waals surface area contributed by atoms with Gasteiger partial charge in [-0.25, -0.2) is 4.68 Å². The van der Waals surface area contributed by atoms with Crippen LogP contribution in [0.25, 0.3) is 5.69 Å². The van der Waals surface area contributed by atoms with E-state index in [9.17, 15) is 0 Å². The van der Waals surface area contributed by atoms with Gasteiger partial charge >= 0.3 is 0 Å². The van der Waals surface area contributed by atoms with Crippen LogP contribution in [0.5, 0.6) is 5.88 Å². The SMILES string of the molecule is Cc1nn(-c2ccccc2)c2c1[C@H]1[C@@H](CO2)CON1C. The van der Waals surface area contributed by atoms with Gasteiger partial charge in [0.15, 0.2) is 0 Å². The molecule has 0 saturated carbocycles. The molecule has 4 rings (SSSR count). The molecule has 2 aliphatic heterocycles. The molecule has 2 aromatic rings.